The molecule has 1 fully saturated rings. The van der Waals surface area contributed by atoms with E-state index in [4.69, 9.17) is 0 Å². The molecule has 0 aromatic carbocycles. The fraction of sp³-hybridized carbons (Fsp3) is 0.692. The first-order valence-corrected chi connectivity index (χ1v) is 7.10. The number of nitrogens with zero attached hydrogens (tertiary/aromatic N) is 3. The van der Waals surface area contributed by atoms with Gasteiger partial charge in [-0.05, 0) is 25.2 Å². The number of hydrogen-bond acceptors (Lipinski definition) is 6. The zero-order valence-electron chi connectivity index (χ0n) is 11.9. The van der Waals surface area contributed by atoms with Crippen molar-refractivity contribution in [2.75, 3.05) is 23.7 Å². The van der Waals surface area contributed by atoms with Crippen LogP contribution < -0.4 is 10.6 Å². The van der Waals surface area contributed by atoms with Crippen LogP contribution >= 0.6 is 0 Å². The first-order valence-electron chi connectivity index (χ1n) is 7.10. The van der Waals surface area contributed by atoms with E-state index in [1.54, 1.807) is 0 Å². The second kappa shape index (κ2) is 6.49. The van der Waals surface area contributed by atoms with E-state index in [1.807, 2.05) is 6.92 Å². The van der Waals surface area contributed by atoms with Crippen molar-refractivity contribution < 1.29 is 4.92 Å². The number of nitrogens with one attached hydrogen (secondary N) is 2. The minimum Gasteiger partial charge on any atom is -0.364 e. The molecule has 110 valence electrons. The van der Waals surface area contributed by atoms with E-state index < -0.39 is 4.92 Å². The Bertz CT molecular complexity index is 480. The molecule has 20 heavy (non-hydrogen) atoms. The molecular formula is C13H21N5O2. The molecule has 1 aromatic heterocycles. The first-order chi connectivity index (χ1) is 9.63. The van der Waals surface area contributed by atoms with Crippen LogP contribution in [0.25, 0.3) is 0 Å². The van der Waals surface area contributed by atoms with Gasteiger partial charge < -0.3 is 10.6 Å². The Hall–Kier alpha value is -1.92. The third kappa shape index (κ3) is 3.15. The van der Waals surface area contributed by atoms with Crippen LogP contribution in [0.2, 0.25) is 0 Å². The summed E-state index contributed by atoms with van der Waals surface area (Å²) < 4.78 is 0. The molecule has 1 aliphatic rings. The van der Waals surface area contributed by atoms with Crippen molar-refractivity contribution in [1.29, 1.82) is 0 Å². The molecule has 7 heteroatoms. The van der Waals surface area contributed by atoms with Crippen LogP contribution in [0.1, 0.15) is 33.1 Å². The number of hydrogen-bond donors (Lipinski definition) is 2. The Balaban J connectivity index is 2.13. The largest absolute Gasteiger partial charge is 0.364 e. The van der Waals surface area contributed by atoms with E-state index >= 15 is 0 Å². The Morgan fingerprint density at radius 2 is 2.05 bits per heavy atom. The molecule has 0 saturated heterocycles. The maximum atomic E-state index is 11.2. The highest BCUT2D eigenvalue weighted by atomic mass is 16.6. The highest BCUT2D eigenvalue weighted by molar-refractivity contribution is 5.69. The lowest BCUT2D eigenvalue weighted by atomic mass is 9.98. The molecule has 1 aliphatic carbocycles. The van der Waals surface area contributed by atoms with E-state index in [1.165, 1.54) is 25.6 Å². The lowest BCUT2D eigenvalue weighted by Gasteiger charge is -2.16. The highest BCUT2D eigenvalue weighted by Gasteiger charge is 2.26. The number of anilines is 2. The molecule has 1 saturated carbocycles. The molecule has 2 atom stereocenters. The van der Waals surface area contributed by atoms with Gasteiger partial charge in [-0.3, -0.25) is 10.1 Å². The molecule has 0 amide bonds. The van der Waals surface area contributed by atoms with Crippen LogP contribution in [-0.4, -0.2) is 28.0 Å². The summed E-state index contributed by atoms with van der Waals surface area (Å²) in [5, 5.41) is 17.3. The van der Waals surface area contributed by atoms with Gasteiger partial charge in [0.2, 0.25) is 11.6 Å². The third-order valence-corrected chi connectivity index (χ3v) is 3.92. The summed E-state index contributed by atoms with van der Waals surface area (Å²) in [5.74, 6) is 1.80. The van der Waals surface area contributed by atoms with E-state index in [9.17, 15) is 10.1 Å². The fourth-order valence-electron chi connectivity index (χ4n) is 2.73. The van der Waals surface area contributed by atoms with Gasteiger partial charge in [0.15, 0.2) is 0 Å². The van der Waals surface area contributed by atoms with Crippen molar-refractivity contribution in [3.8, 4) is 0 Å². The molecule has 2 N–H and O–H groups in total. The molecule has 2 unspecified atom stereocenters. The third-order valence-electron chi connectivity index (χ3n) is 3.92. The predicted molar refractivity (Wildman–Crippen MR) is 77.8 cm³/mol. The summed E-state index contributed by atoms with van der Waals surface area (Å²) in [5.41, 5.74) is -0.0694. The Labute approximate surface area is 118 Å². The molecular weight excluding hydrogens is 258 g/mol. The monoisotopic (exact) mass is 279 g/mol. The summed E-state index contributed by atoms with van der Waals surface area (Å²) in [6, 6.07) is 0. The molecule has 0 radical (unpaired) electrons. The van der Waals surface area contributed by atoms with Crippen LogP contribution in [-0.2, 0) is 0 Å². The number of rotatable bonds is 6. The van der Waals surface area contributed by atoms with Gasteiger partial charge in [-0.1, -0.05) is 19.8 Å². The Morgan fingerprint density at radius 1 is 1.35 bits per heavy atom. The van der Waals surface area contributed by atoms with E-state index in [0.717, 1.165) is 6.54 Å². The maximum Gasteiger partial charge on any atom is 0.353 e. The van der Waals surface area contributed by atoms with Gasteiger partial charge in [-0.15, -0.1) is 0 Å². The smallest absolute Gasteiger partial charge is 0.353 e. The van der Waals surface area contributed by atoms with Gasteiger partial charge in [0.25, 0.3) is 0 Å². The van der Waals surface area contributed by atoms with Crippen LogP contribution in [0.15, 0.2) is 6.33 Å². The van der Waals surface area contributed by atoms with Crippen LogP contribution in [0.5, 0.6) is 0 Å². The van der Waals surface area contributed by atoms with Gasteiger partial charge in [0, 0.05) is 13.1 Å². The summed E-state index contributed by atoms with van der Waals surface area (Å²) in [6.45, 7) is 5.42. The van der Waals surface area contributed by atoms with Gasteiger partial charge in [0.1, 0.15) is 6.33 Å². The second-order valence-electron chi connectivity index (χ2n) is 5.26. The standard InChI is InChI=1S/C13H21N5O2/c1-3-14-12-11(18(19)20)13(17-8-16-12)15-7-10-6-4-5-9(10)2/h8-10H,3-7H2,1-2H3,(H2,14,15,16,17). The zero-order valence-corrected chi connectivity index (χ0v) is 11.9. The summed E-state index contributed by atoms with van der Waals surface area (Å²) in [6.07, 6.45) is 5.00. The van der Waals surface area contributed by atoms with E-state index in [-0.39, 0.29) is 11.5 Å². The average Bonchev–Trinajstić information content (AvgIpc) is 2.82. The van der Waals surface area contributed by atoms with Gasteiger partial charge in [0.05, 0.1) is 4.92 Å². The predicted octanol–water partition coefficient (Wildman–Crippen LogP) is 2.66. The van der Waals surface area contributed by atoms with Gasteiger partial charge >= 0.3 is 5.69 Å². The van der Waals surface area contributed by atoms with Crippen molar-refractivity contribution in [2.24, 2.45) is 11.8 Å². The SMILES string of the molecule is CCNc1ncnc(NCC2CCCC2C)c1[N+](=O)[O-]. The zero-order chi connectivity index (χ0) is 14.5. The second-order valence-corrected chi connectivity index (χ2v) is 5.26. The summed E-state index contributed by atoms with van der Waals surface area (Å²) >= 11 is 0. The summed E-state index contributed by atoms with van der Waals surface area (Å²) in [7, 11) is 0. The highest BCUT2D eigenvalue weighted by Crippen LogP contribution is 2.33. The molecule has 7 nitrogen and oxygen atoms in total. The molecule has 1 aromatic rings. The van der Waals surface area contributed by atoms with Crippen molar-refractivity contribution >= 4 is 17.3 Å². The van der Waals surface area contributed by atoms with Crippen molar-refractivity contribution in [2.45, 2.75) is 33.1 Å². The van der Waals surface area contributed by atoms with Gasteiger partial charge in [-0.2, -0.15) is 0 Å². The molecule has 0 bridgehead atoms. The number of aromatic nitrogens is 2. The van der Waals surface area contributed by atoms with Crippen molar-refractivity contribution in [3.63, 3.8) is 0 Å². The van der Waals surface area contributed by atoms with Crippen LogP contribution in [0.4, 0.5) is 17.3 Å². The lowest BCUT2D eigenvalue weighted by molar-refractivity contribution is -0.383. The molecule has 0 aliphatic heterocycles. The van der Waals surface area contributed by atoms with Crippen LogP contribution in [0.3, 0.4) is 0 Å². The molecule has 0 spiro atoms. The average molecular weight is 279 g/mol. The minimum atomic E-state index is -0.432. The molecule has 1 heterocycles. The van der Waals surface area contributed by atoms with Crippen LogP contribution in [0, 0.1) is 22.0 Å². The van der Waals surface area contributed by atoms with Crippen molar-refractivity contribution in [3.05, 3.63) is 16.4 Å². The molecule has 2 rings (SSSR count). The van der Waals surface area contributed by atoms with Gasteiger partial charge in [-0.25, -0.2) is 9.97 Å². The quantitative estimate of drug-likeness (QED) is 0.614. The Kier molecular flexibility index (Phi) is 4.70. The van der Waals surface area contributed by atoms with Crippen molar-refractivity contribution in [1.82, 2.24) is 9.97 Å². The van der Waals surface area contributed by atoms with E-state index in [0.29, 0.717) is 24.2 Å². The normalized spacial score (nSPS) is 21.7. The maximum absolute atomic E-state index is 11.2. The van der Waals surface area contributed by atoms with E-state index in [2.05, 4.69) is 27.5 Å². The Morgan fingerprint density at radius 3 is 2.60 bits per heavy atom. The lowest BCUT2D eigenvalue weighted by Crippen LogP contribution is -2.18. The minimum absolute atomic E-state index is 0.0694. The number of nitro groups is 1. The fourth-order valence-corrected chi connectivity index (χ4v) is 2.73. The topological polar surface area (TPSA) is 93.0 Å². The summed E-state index contributed by atoms with van der Waals surface area (Å²) in [4.78, 5) is 18.8. The first kappa shape index (κ1) is 14.5.